The number of rotatable bonds is 7. The third-order valence-corrected chi connectivity index (χ3v) is 4.99. The fourth-order valence-electron chi connectivity index (χ4n) is 2.39. The number of nitrogens with one attached hydrogen (secondary N) is 1. The van der Waals surface area contributed by atoms with Gasteiger partial charge in [0.1, 0.15) is 0 Å². The summed E-state index contributed by atoms with van der Waals surface area (Å²) >= 11 is 1.89. The standard InChI is InChI=1S/C14H26N2O3S/c1-3-12(4-5-13(17)18)6-7-15-14(19)16-8-9-20-10-11(16)2/h11-12H,3-10H2,1-2H3,(H,15,19)(H,17,18). The van der Waals surface area contributed by atoms with Crippen LogP contribution in [0.4, 0.5) is 4.79 Å². The number of aliphatic carboxylic acids is 1. The van der Waals surface area contributed by atoms with Gasteiger partial charge in [-0.25, -0.2) is 4.79 Å². The van der Waals surface area contributed by atoms with Crippen molar-refractivity contribution >= 4 is 23.8 Å². The second kappa shape index (κ2) is 9.10. The van der Waals surface area contributed by atoms with Gasteiger partial charge in [-0.15, -0.1) is 0 Å². The highest BCUT2D eigenvalue weighted by Gasteiger charge is 2.23. The zero-order valence-corrected chi connectivity index (χ0v) is 13.2. The smallest absolute Gasteiger partial charge is 0.317 e. The van der Waals surface area contributed by atoms with Crippen molar-refractivity contribution < 1.29 is 14.7 Å². The lowest BCUT2D eigenvalue weighted by Gasteiger charge is -2.33. The summed E-state index contributed by atoms with van der Waals surface area (Å²) < 4.78 is 0. The van der Waals surface area contributed by atoms with Crippen LogP contribution in [0.5, 0.6) is 0 Å². The van der Waals surface area contributed by atoms with Gasteiger partial charge in [-0.05, 0) is 25.7 Å². The molecule has 2 amide bonds. The number of amides is 2. The van der Waals surface area contributed by atoms with E-state index in [2.05, 4.69) is 19.2 Å². The van der Waals surface area contributed by atoms with Crippen molar-refractivity contribution in [3.63, 3.8) is 0 Å². The van der Waals surface area contributed by atoms with Gasteiger partial charge in [0.25, 0.3) is 0 Å². The van der Waals surface area contributed by atoms with E-state index in [9.17, 15) is 9.59 Å². The Bertz CT molecular complexity index is 326. The summed E-state index contributed by atoms with van der Waals surface area (Å²) in [6, 6.07) is 0.314. The first-order valence-corrected chi connectivity index (χ1v) is 8.54. The number of carboxylic acids is 1. The van der Waals surface area contributed by atoms with Crippen LogP contribution in [0.1, 0.15) is 39.5 Å². The fraction of sp³-hybridized carbons (Fsp3) is 0.857. The Balaban J connectivity index is 2.24. The second-order valence-corrected chi connectivity index (χ2v) is 6.49. The van der Waals surface area contributed by atoms with Crippen LogP contribution in [0.3, 0.4) is 0 Å². The molecule has 2 atom stereocenters. The molecule has 0 aliphatic carbocycles. The average Bonchev–Trinajstić information content (AvgIpc) is 2.42. The molecule has 0 spiro atoms. The lowest BCUT2D eigenvalue weighted by molar-refractivity contribution is -0.137. The summed E-state index contributed by atoms with van der Waals surface area (Å²) in [6.07, 6.45) is 2.72. The number of nitrogens with zero attached hydrogens (tertiary/aromatic N) is 1. The molecule has 1 fully saturated rings. The maximum absolute atomic E-state index is 12.1. The van der Waals surface area contributed by atoms with Gasteiger partial charge in [0.05, 0.1) is 0 Å². The summed E-state index contributed by atoms with van der Waals surface area (Å²) in [5.74, 6) is 1.64. The number of thioether (sulfide) groups is 1. The third kappa shape index (κ3) is 6.03. The molecule has 1 aliphatic rings. The van der Waals surface area contributed by atoms with E-state index in [1.807, 2.05) is 16.7 Å². The summed E-state index contributed by atoms with van der Waals surface area (Å²) in [7, 11) is 0. The normalized spacial score (nSPS) is 20.5. The highest BCUT2D eigenvalue weighted by atomic mass is 32.2. The van der Waals surface area contributed by atoms with E-state index in [0.29, 0.717) is 24.9 Å². The van der Waals surface area contributed by atoms with Gasteiger partial charge < -0.3 is 15.3 Å². The van der Waals surface area contributed by atoms with Crippen LogP contribution in [-0.2, 0) is 4.79 Å². The quantitative estimate of drug-likeness (QED) is 0.758. The molecule has 5 nitrogen and oxygen atoms in total. The molecule has 6 heteroatoms. The Kier molecular flexibility index (Phi) is 7.80. The van der Waals surface area contributed by atoms with Gasteiger partial charge in [-0.3, -0.25) is 4.79 Å². The molecule has 20 heavy (non-hydrogen) atoms. The first kappa shape index (κ1) is 17.1. The van der Waals surface area contributed by atoms with Crippen LogP contribution < -0.4 is 5.32 Å². The van der Waals surface area contributed by atoms with Gasteiger partial charge in [0.15, 0.2) is 0 Å². The largest absolute Gasteiger partial charge is 0.481 e. The summed E-state index contributed by atoms with van der Waals surface area (Å²) in [5, 5.41) is 11.7. The van der Waals surface area contributed by atoms with Crippen molar-refractivity contribution in [1.82, 2.24) is 10.2 Å². The van der Waals surface area contributed by atoms with Crippen LogP contribution in [0, 0.1) is 5.92 Å². The molecular weight excluding hydrogens is 276 g/mol. The van der Waals surface area contributed by atoms with Crippen LogP contribution in [-0.4, -0.2) is 52.6 Å². The molecule has 0 aromatic carbocycles. The molecule has 2 N–H and O–H groups in total. The molecule has 2 unspecified atom stereocenters. The Morgan fingerprint density at radius 3 is 2.80 bits per heavy atom. The number of carbonyl (C=O) groups excluding carboxylic acids is 1. The zero-order chi connectivity index (χ0) is 15.0. The molecule has 0 aromatic heterocycles. The first-order valence-electron chi connectivity index (χ1n) is 7.38. The maximum Gasteiger partial charge on any atom is 0.317 e. The van der Waals surface area contributed by atoms with E-state index in [0.717, 1.165) is 30.9 Å². The molecule has 1 saturated heterocycles. The monoisotopic (exact) mass is 302 g/mol. The molecule has 1 rings (SSSR count). The van der Waals surface area contributed by atoms with Gasteiger partial charge in [0.2, 0.25) is 0 Å². The number of carboxylic acid groups (broad SMARTS) is 1. The van der Waals surface area contributed by atoms with Crippen molar-refractivity contribution in [2.45, 2.75) is 45.6 Å². The molecule has 0 aromatic rings. The number of carbonyl (C=O) groups is 2. The minimum absolute atomic E-state index is 0.0193. The Morgan fingerprint density at radius 2 is 2.20 bits per heavy atom. The highest BCUT2D eigenvalue weighted by molar-refractivity contribution is 7.99. The predicted octanol–water partition coefficient (Wildman–Crippen LogP) is 2.41. The van der Waals surface area contributed by atoms with E-state index in [4.69, 9.17) is 5.11 Å². The molecular formula is C14H26N2O3S. The van der Waals surface area contributed by atoms with Crippen molar-refractivity contribution in [3.05, 3.63) is 0 Å². The van der Waals surface area contributed by atoms with Gasteiger partial charge in [-0.1, -0.05) is 13.3 Å². The number of urea groups is 1. The first-order chi connectivity index (χ1) is 9.54. The zero-order valence-electron chi connectivity index (χ0n) is 12.4. The number of hydrogen-bond acceptors (Lipinski definition) is 3. The van der Waals surface area contributed by atoms with Crippen molar-refractivity contribution in [2.24, 2.45) is 5.92 Å². The lowest BCUT2D eigenvalue weighted by Crippen LogP contribution is -2.49. The highest BCUT2D eigenvalue weighted by Crippen LogP contribution is 2.17. The minimum atomic E-state index is -0.743. The fourth-order valence-corrected chi connectivity index (χ4v) is 3.41. The Labute approximate surface area is 125 Å². The van der Waals surface area contributed by atoms with Crippen LogP contribution >= 0.6 is 11.8 Å². The Morgan fingerprint density at radius 1 is 1.45 bits per heavy atom. The van der Waals surface area contributed by atoms with Crippen LogP contribution in [0.15, 0.2) is 0 Å². The lowest BCUT2D eigenvalue weighted by atomic mass is 9.97. The summed E-state index contributed by atoms with van der Waals surface area (Å²) in [5.41, 5.74) is 0. The Hall–Kier alpha value is -0.910. The van der Waals surface area contributed by atoms with Crippen LogP contribution in [0.2, 0.25) is 0 Å². The molecule has 0 saturated carbocycles. The molecule has 1 heterocycles. The SMILES string of the molecule is CCC(CCNC(=O)N1CCSCC1C)CCC(=O)O. The van der Waals surface area contributed by atoms with E-state index in [1.54, 1.807) is 0 Å². The van der Waals surface area contributed by atoms with Crippen molar-refractivity contribution in [3.8, 4) is 0 Å². The summed E-state index contributed by atoms with van der Waals surface area (Å²) in [6.45, 7) is 5.59. The maximum atomic E-state index is 12.1. The van der Waals surface area contributed by atoms with Crippen LogP contribution in [0.25, 0.3) is 0 Å². The van der Waals surface area contributed by atoms with E-state index < -0.39 is 5.97 Å². The van der Waals surface area contributed by atoms with E-state index in [1.165, 1.54) is 0 Å². The van der Waals surface area contributed by atoms with Gasteiger partial charge in [-0.2, -0.15) is 11.8 Å². The predicted molar refractivity (Wildman–Crippen MR) is 82.2 cm³/mol. The van der Waals surface area contributed by atoms with E-state index >= 15 is 0 Å². The van der Waals surface area contributed by atoms with Gasteiger partial charge >= 0.3 is 12.0 Å². The van der Waals surface area contributed by atoms with Gasteiger partial charge in [0, 0.05) is 37.1 Å². The average molecular weight is 302 g/mol. The molecule has 1 aliphatic heterocycles. The van der Waals surface area contributed by atoms with Crippen molar-refractivity contribution in [2.75, 3.05) is 24.6 Å². The molecule has 116 valence electrons. The molecule has 0 bridgehead atoms. The number of hydrogen-bond donors (Lipinski definition) is 2. The van der Waals surface area contributed by atoms with E-state index in [-0.39, 0.29) is 12.5 Å². The molecule has 0 radical (unpaired) electrons. The van der Waals surface area contributed by atoms with Crippen molar-refractivity contribution in [1.29, 1.82) is 0 Å². The third-order valence-electron chi connectivity index (χ3n) is 3.80. The summed E-state index contributed by atoms with van der Waals surface area (Å²) in [4.78, 5) is 24.5. The minimum Gasteiger partial charge on any atom is -0.481 e. The second-order valence-electron chi connectivity index (χ2n) is 5.34. The topological polar surface area (TPSA) is 69.6 Å².